The quantitative estimate of drug-likeness (QED) is 0.357. The van der Waals surface area contributed by atoms with Gasteiger partial charge in [-0.2, -0.15) is 0 Å². The predicted octanol–water partition coefficient (Wildman–Crippen LogP) is 3.13. The fraction of sp³-hybridized carbons (Fsp3) is 0.222. The Hall–Kier alpha value is -3.20. The van der Waals surface area contributed by atoms with Gasteiger partial charge >= 0.3 is 5.97 Å². The number of rotatable bonds is 4. The molecule has 2 aromatic rings. The topological polar surface area (TPSA) is 107 Å². The summed E-state index contributed by atoms with van der Waals surface area (Å²) in [5, 5.41) is 17.2. The van der Waals surface area contributed by atoms with E-state index in [2.05, 4.69) is 10.6 Å². The number of aryl methyl sites for hydroxylation is 1. The second-order valence-corrected chi connectivity index (χ2v) is 6.43. The number of hydrogen-bond acceptors (Lipinski definition) is 6. The van der Waals surface area contributed by atoms with Crippen LogP contribution >= 0.6 is 12.2 Å². The van der Waals surface area contributed by atoms with Crippen LogP contribution in [0.5, 0.6) is 0 Å². The van der Waals surface area contributed by atoms with Gasteiger partial charge in [0.15, 0.2) is 5.11 Å². The number of ether oxygens (including phenoxy) is 1. The maximum Gasteiger partial charge on any atom is 0.338 e. The molecule has 0 saturated heterocycles. The molecule has 0 radical (unpaired) electrons. The number of carbonyl (C=O) groups is 1. The van der Waals surface area contributed by atoms with Crippen molar-refractivity contribution in [3.05, 3.63) is 63.0 Å². The summed E-state index contributed by atoms with van der Waals surface area (Å²) in [6.07, 6.45) is 0. The summed E-state index contributed by atoms with van der Waals surface area (Å²) in [4.78, 5) is 22.7. The molecule has 1 aliphatic rings. The van der Waals surface area contributed by atoms with Crippen molar-refractivity contribution in [2.24, 2.45) is 0 Å². The Morgan fingerprint density at radius 2 is 2.04 bits per heavy atom. The fourth-order valence-corrected chi connectivity index (χ4v) is 3.25. The number of nitrogens with zero attached hydrogens (tertiary/aromatic N) is 1. The van der Waals surface area contributed by atoms with Crippen LogP contribution in [-0.4, -0.2) is 23.1 Å². The summed E-state index contributed by atoms with van der Waals surface area (Å²) in [6, 6.07) is 7.43. The van der Waals surface area contributed by atoms with Crippen LogP contribution in [0, 0.1) is 17.0 Å². The zero-order chi connectivity index (χ0) is 19.7. The molecule has 1 atom stereocenters. The number of nitrogens with one attached hydrogen (secondary N) is 2. The van der Waals surface area contributed by atoms with Crippen LogP contribution in [0.25, 0.3) is 11.3 Å². The van der Waals surface area contributed by atoms with E-state index in [1.807, 2.05) is 0 Å². The average molecular weight is 387 g/mol. The van der Waals surface area contributed by atoms with Crippen molar-refractivity contribution in [3.63, 3.8) is 0 Å². The van der Waals surface area contributed by atoms with Crippen LogP contribution in [0.4, 0.5) is 5.69 Å². The lowest BCUT2D eigenvalue weighted by molar-refractivity contribution is -0.384. The van der Waals surface area contributed by atoms with E-state index < -0.39 is 16.9 Å². The second-order valence-electron chi connectivity index (χ2n) is 6.02. The highest BCUT2D eigenvalue weighted by Crippen LogP contribution is 2.33. The zero-order valence-corrected chi connectivity index (χ0v) is 15.7. The minimum absolute atomic E-state index is 0.0138. The van der Waals surface area contributed by atoms with E-state index in [0.717, 1.165) is 5.56 Å². The van der Waals surface area contributed by atoms with Crippen molar-refractivity contribution in [2.45, 2.75) is 19.9 Å². The lowest BCUT2D eigenvalue weighted by atomic mass is 10.0. The largest absolute Gasteiger partial charge is 0.466 e. The first-order valence-corrected chi connectivity index (χ1v) is 8.44. The van der Waals surface area contributed by atoms with Gasteiger partial charge in [0.05, 0.1) is 17.6 Å². The van der Waals surface area contributed by atoms with Crippen molar-refractivity contribution >= 4 is 29.0 Å². The molecule has 0 saturated carbocycles. The molecule has 0 spiro atoms. The highest BCUT2D eigenvalue weighted by molar-refractivity contribution is 7.80. The van der Waals surface area contributed by atoms with E-state index in [9.17, 15) is 14.9 Å². The molecule has 3 rings (SSSR count). The van der Waals surface area contributed by atoms with E-state index in [1.165, 1.54) is 19.2 Å². The summed E-state index contributed by atoms with van der Waals surface area (Å²) in [5.74, 6) is 0.515. The van der Waals surface area contributed by atoms with Gasteiger partial charge in [-0.25, -0.2) is 4.79 Å². The first-order chi connectivity index (χ1) is 12.8. The molecule has 140 valence electrons. The lowest BCUT2D eigenvalue weighted by Crippen LogP contribution is -2.44. The molecule has 27 heavy (non-hydrogen) atoms. The molecule has 2 heterocycles. The first-order valence-electron chi connectivity index (χ1n) is 8.03. The number of hydrogen-bond donors (Lipinski definition) is 2. The van der Waals surface area contributed by atoms with Crippen LogP contribution in [-0.2, 0) is 9.53 Å². The van der Waals surface area contributed by atoms with E-state index >= 15 is 0 Å². The monoisotopic (exact) mass is 387 g/mol. The smallest absolute Gasteiger partial charge is 0.338 e. The number of methoxy groups -OCH3 is 1. The molecule has 2 N–H and O–H groups in total. The molecule has 0 aliphatic carbocycles. The highest BCUT2D eigenvalue weighted by Gasteiger charge is 2.32. The van der Waals surface area contributed by atoms with Crippen molar-refractivity contribution in [2.75, 3.05) is 7.11 Å². The predicted molar refractivity (Wildman–Crippen MR) is 102 cm³/mol. The first kappa shape index (κ1) is 18.6. The van der Waals surface area contributed by atoms with Gasteiger partial charge in [0.25, 0.3) is 5.69 Å². The molecule has 8 nitrogen and oxygen atoms in total. The van der Waals surface area contributed by atoms with Gasteiger partial charge in [0.1, 0.15) is 17.6 Å². The van der Waals surface area contributed by atoms with E-state index in [4.69, 9.17) is 21.4 Å². The van der Waals surface area contributed by atoms with Crippen LogP contribution in [0.2, 0.25) is 0 Å². The summed E-state index contributed by atoms with van der Waals surface area (Å²) in [7, 11) is 1.31. The number of thiocarbonyl (C=S) groups is 1. The van der Waals surface area contributed by atoms with Gasteiger partial charge in [0.2, 0.25) is 0 Å². The Morgan fingerprint density at radius 3 is 2.67 bits per heavy atom. The van der Waals surface area contributed by atoms with Crippen molar-refractivity contribution in [3.8, 4) is 11.3 Å². The van der Waals surface area contributed by atoms with Crippen molar-refractivity contribution < 1.29 is 18.9 Å². The minimum atomic E-state index is -0.599. The number of nitro benzene ring substituents is 1. The van der Waals surface area contributed by atoms with Gasteiger partial charge in [-0.15, -0.1) is 0 Å². The SMILES string of the molecule is COC(=O)C1=C(C)NC(=S)NC1c1ccc(-c2ccc([N+](=O)[O-])cc2C)o1. The maximum atomic E-state index is 12.2. The minimum Gasteiger partial charge on any atom is -0.466 e. The van der Waals surface area contributed by atoms with E-state index in [-0.39, 0.29) is 5.69 Å². The standard InChI is InChI=1S/C18H17N3O5S/c1-9-8-11(21(23)24)4-5-12(9)13-6-7-14(26-13)16-15(17(22)25-3)10(2)19-18(27)20-16/h4-8,16H,1-3H3,(H2,19,20,27). The normalized spacial score (nSPS) is 16.6. The van der Waals surface area contributed by atoms with E-state index in [0.29, 0.717) is 33.5 Å². The molecule has 0 fully saturated rings. The number of carbonyl (C=O) groups excluding carboxylic acids is 1. The molecule has 1 aliphatic heterocycles. The Labute approximate surface area is 160 Å². The third-order valence-corrected chi connectivity index (χ3v) is 4.49. The molecule has 1 aromatic heterocycles. The average Bonchev–Trinajstić information content (AvgIpc) is 3.10. The van der Waals surface area contributed by atoms with Crippen molar-refractivity contribution in [1.29, 1.82) is 0 Å². The Kier molecular flexibility index (Phi) is 4.95. The Bertz CT molecular complexity index is 979. The summed E-state index contributed by atoms with van der Waals surface area (Å²) in [6.45, 7) is 3.50. The maximum absolute atomic E-state index is 12.2. The molecule has 9 heteroatoms. The van der Waals surface area contributed by atoms with Crippen LogP contribution in [0.3, 0.4) is 0 Å². The molecule has 1 aromatic carbocycles. The molecule has 0 bridgehead atoms. The third kappa shape index (κ3) is 3.54. The molecule has 0 amide bonds. The lowest BCUT2D eigenvalue weighted by Gasteiger charge is -2.27. The number of nitro groups is 1. The molecular formula is C18H17N3O5S. The summed E-state index contributed by atoms with van der Waals surface area (Å²) >= 11 is 5.18. The van der Waals surface area contributed by atoms with Gasteiger partial charge in [0, 0.05) is 23.4 Å². The number of benzene rings is 1. The van der Waals surface area contributed by atoms with Gasteiger partial charge in [-0.3, -0.25) is 10.1 Å². The number of esters is 1. The zero-order valence-electron chi connectivity index (χ0n) is 14.9. The van der Waals surface area contributed by atoms with Crippen LogP contribution in [0.15, 0.2) is 46.0 Å². The van der Waals surface area contributed by atoms with Crippen molar-refractivity contribution in [1.82, 2.24) is 10.6 Å². The second kappa shape index (κ2) is 7.20. The van der Waals surface area contributed by atoms with E-state index in [1.54, 1.807) is 32.0 Å². The summed E-state index contributed by atoms with van der Waals surface area (Å²) in [5.41, 5.74) is 2.40. The van der Waals surface area contributed by atoms with Crippen LogP contribution < -0.4 is 10.6 Å². The number of non-ortho nitro benzene ring substituents is 1. The summed E-state index contributed by atoms with van der Waals surface area (Å²) < 4.78 is 10.8. The molecule has 1 unspecified atom stereocenters. The number of furan rings is 1. The fourth-order valence-electron chi connectivity index (χ4n) is 2.98. The number of allylic oxidation sites excluding steroid dienone is 1. The Balaban J connectivity index is 2.00. The third-order valence-electron chi connectivity index (χ3n) is 4.27. The van der Waals surface area contributed by atoms with Gasteiger partial charge < -0.3 is 19.8 Å². The van der Waals surface area contributed by atoms with Crippen LogP contribution in [0.1, 0.15) is 24.3 Å². The Morgan fingerprint density at radius 1 is 1.30 bits per heavy atom. The molecular weight excluding hydrogens is 370 g/mol. The van der Waals surface area contributed by atoms with Gasteiger partial charge in [-0.1, -0.05) is 0 Å². The highest BCUT2D eigenvalue weighted by atomic mass is 32.1. The van der Waals surface area contributed by atoms with Gasteiger partial charge in [-0.05, 0) is 49.8 Å².